The molecule has 0 atom stereocenters. The molecule has 0 N–H and O–H groups in total. The maximum Gasteiger partial charge on any atom is 0.310 e. The van der Waals surface area contributed by atoms with E-state index in [0.717, 1.165) is 16.5 Å². The van der Waals surface area contributed by atoms with E-state index >= 15 is 0 Å². The van der Waals surface area contributed by atoms with Gasteiger partial charge in [-0.3, -0.25) is 9.78 Å². The second-order valence-corrected chi connectivity index (χ2v) is 4.10. The van der Waals surface area contributed by atoms with Crippen LogP contribution in [0, 0.1) is 0 Å². The number of fused-ring (bicyclic) bond motifs is 1. The number of carbonyl (C=O) groups excluding carboxylic acids is 1. The van der Waals surface area contributed by atoms with Gasteiger partial charge < -0.3 is 4.74 Å². The molecule has 0 saturated carbocycles. The number of carbonyl (C=O) groups is 1. The summed E-state index contributed by atoms with van der Waals surface area (Å²) in [5.41, 5.74) is 1.77. The zero-order chi connectivity index (χ0) is 12.3. The standard InChI is InChI=1S/C13H12ClNO2/c1-2-17-13(16)6-9-3-4-12-10(5-9)7-11(14)8-15-12/h3-5,7-8H,2,6H2,1H3. The van der Waals surface area contributed by atoms with Crippen LogP contribution in [-0.4, -0.2) is 17.6 Å². The highest BCUT2D eigenvalue weighted by atomic mass is 35.5. The summed E-state index contributed by atoms with van der Waals surface area (Å²) >= 11 is 5.87. The van der Waals surface area contributed by atoms with Gasteiger partial charge in [-0.1, -0.05) is 17.7 Å². The second kappa shape index (κ2) is 5.15. The van der Waals surface area contributed by atoms with Crippen LogP contribution in [0.4, 0.5) is 0 Å². The van der Waals surface area contributed by atoms with E-state index < -0.39 is 0 Å². The number of ether oxygens (including phenoxy) is 1. The molecule has 0 radical (unpaired) electrons. The Labute approximate surface area is 104 Å². The fraction of sp³-hybridized carbons (Fsp3) is 0.231. The molecule has 1 heterocycles. The molecule has 0 bridgehead atoms. The fourth-order valence-electron chi connectivity index (χ4n) is 1.64. The molecule has 2 aromatic rings. The van der Waals surface area contributed by atoms with Gasteiger partial charge in [0.05, 0.1) is 23.6 Å². The molecule has 0 aliphatic rings. The van der Waals surface area contributed by atoms with Crippen molar-refractivity contribution in [2.75, 3.05) is 6.61 Å². The molecule has 1 aromatic carbocycles. The lowest BCUT2D eigenvalue weighted by Gasteiger charge is -2.03. The molecule has 0 spiro atoms. The van der Waals surface area contributed by atoms with E-state index in [0.29, 0.717) is 11.6 Å². The Kier molecular flexibility index (Phi) is 3.59. The summed E-state index contributed by atoms with van der Waals surface area (Å²) in [5, 5.41) is 1.52. The molecule has 0 amide bonds. The highest BCUT2D eigenvalue weighted by Gasteiger charge is 2.05. The summed E-state index contributed by atoms with van der Waals surface area (Å²) in [4.78, 5) is 15.5. The Balaban J connectivity index is 2.27. The molecule has 0 unspecified atom stereocenters. The number of aromatic nitrogens is 1. The lowest BCUT2D eigenvalue weighted by atomic mass is 10.1. The van der Waals surface area contributed by atoms with E-state index in [1.807, 2.05) is 24.3 Å². The van der Waals surface area contributed by atoms with Crippen LogP contribution in [0.15, 0.2) is 30.5 Å². The van der Waals surface area contributed by atoms with E-state index in [1.54, 1.807) is 13.1 Å². The zero-order valence-electron chi connectivity index (χ0n) is 9.44. The van der Waals surface area contributed by atoms with Gasteiger partial charge >= 0.3 is 5.97 Å². The van der Waals surface area contributed by atoms with Gasteiger partial charge in [0.25, 0.3) is 0 Å². The van der Waals surface area contributed by atoms with Crippen molar-refractivity contribution in [2.45, 2.75) is 13.3 Å². The van der Waals surface area contributed by atoms with Crippen LogP contribution in [-0.2, 0) is 16.0 Å². The highest BCUT2D eigenvalue weighted by Crippen LogP contribution is 2.18. The van der Waals surface area contributed by atoms with Gasteiger partial charge in [-0.25, -0.2) is 0 Å². The molecular formula is C13H12ClNO2. The smallest absolute Gasteiger partial charge is 0.310 e. The number of esters is 1. The summed E-state index contributed by atoms with van der Waals surface area (Å²) < 4.78 is 4.90. The number of benzene rings is 1. The van der Waals surface area contributed by atoms with E-state index in [-0.39, 0.29) is 12.4 Å². The van der Waals surface area contributed by atoms with Gasteiger partial charge in [-0.2, -0.15) is 0 Å². The summed E-state index contributed by atoms with van der Waals surface area (Å²) in [6.45, 7) is 2.20. The van der Waals surface area contributed by atoms with Crippen LogP contribution < -0.4 is 0 Å². The van der Waals surface area contributed by atoms with E-state index in [9.17, 15) is 4.79 Å². The maximum atomic E-state index is 11.4. The molecule has 4 heteroatoms. The zero-order valence-corrected chi connectivity index (χ0v) is 10.2. The summed E-state index contributed by atoms with van der Waals surface area (Å²) in [7, 11) is 0. The average Bonchev–Trinajstić information content (AvgIpc) is 2.28. The molecule has 0 fully saturated rings. The Morgan fingerprint density at radius 2 is 2.24 bits per heavy atom. The minimum absolute atomic E-state index is 0.221. The van der Waals surface area contributed by atoms with Crippen molar-refractivity contribution in [3.8, 4) is 0 Å². The van der Waals surface area contributed by atoms with Crippen LogP contribution in [0.3, 0.4) is 0 Å². The van der Waals surface area contributed by atoms with Crippen LogP contribution in [0.1, 0.15) is 12.5 Å². The predicted octanol–water partition coefficient (Wildman–Crippen LogP) is 2.99. The number of pyridine rings is 1. The van der Waals surface area contributed by atoms with Crippen LogP contribution in [0.2, 0.25) is 5.02 Å². The van der Waals surface area contributed by atoms with Gasteiger partial charge in [0.2, 0.25) is 0 Å². The number of hydrogen-bond donors (Lipinski definition) is 0. The summed E-state index contributed by atoms with van der Waals surface area (Å²) in [5.74, 6) is -0.221. The lowest BCUT2D eigenvalue weighted by molar-refractivity contribution is -0.142. The van der Waals surface area contributed by atoms with Crippen molar-refractivity contribution >= 4 is 28.5 Å². The summed E-state index contributed by atoms with van der Waals surface area (Å²) in [6.07, 6.45) is 1.88. The fourth-order valence-corrected chi connectivity index (χ4v) is 1.81. The van der Waals surface area contributed by atoms with Crippen molar-refractivity contribution < 1.29 is 9.53 Å². The van der Waals surface area contributed by atoms with Gasteiger partial charge in [-0.15, -0.1) is 0 Å². The third-order valence-electron chi connectivity index (χ3n) is 2.37. The van der Waals surface area contributed by atoms with Crippen molar-refractivity contribution in [2.24, 2.45) is 0 Å². The molecule has 88 valence electrons. The monoisotopic (exact) mass is 249 g/mol. The van der Waals surface area contributed by atoms with Crippen LogP contribution in [0.25, 0.3) is 10.9 Å². The molecule has 3 nitrogen and oxygen atoms in total. The number of hydrogen-bond acceptors (Lipinski definition) is 3. The normalized spacial score (nSPS) is 10.5. The topological polar surface area (TPSA) is 39.2 Å². The Bertz CT molecular complexity index is 554. The Hall–Kier alpha value is -1.61. The van der Waals surface area contributed by atoms with E-state index in [2.05, 4.69) is 4.98 Å². The van der Waals surface area contributed by atoms with Crippen molar-refractivity contribution in [3.63, 3.8) is 0 Å². The largest absolute Gasteiger partial charge is 0.466 e. The van der Waals surface area contributed by atoms with Crippen molar-refractivity contribution in [1.29, 1.82) is 0 Å². The van der Waals surface area contributed by atoms with Crippen molar-refractivity contribution in [3.05, 3.63) is 41.0 Å². The first-order valence-corrected chi connectivity index (χ1v) is 5.76. The quantitative estimate of drug-likeness (QED) is 0.785. The van der Waals surface area contributed by atoms with E-state index in [4.69, 9.17) is 16.3 Å². The Morgan fingerprint density at radius 3 is 3.00 bits per heavy atom. The minimum atomic E-state index is -0.221. The van der Waals surface area contributed by atoms with Gasteiger partial charge in [0, 0.05) is 11.6 Å². The molecule has 2 rings (SSSR count). The first kappa shape index (κ1) is 11.9. The van der Waals surface area contributed by atoms with Crippen molar-refractivity contribution in [1.82, 2.24) is 4.98 Å². The number of rotatable bonds is 3. The predicted molar refractivity (Wildman–Crippen MR) is 67.1 cm³/mol. The molecule has 0 saturated heterocycles. The van der Waals surface area contributed by atoms with E-state index in [1.165, 1.54) is 0 Å². The van der Waals surface area contributed by atoms with Gasteiger partial charge in [-0.05, 0) is 30.7 Å². The molecule has 0 aliphatic heterocycles. The van der Waals surface area contributed by atoms with Gasteiger partial charge in [0.15, 0.2) is 0 Å². The first-order valence-electron chi connectivity index (χ1n) is 5.39. The maximum absolute atomic E-state index is 11.4. The minimum Gasteiger partial charge on any atom is -0.466 e. The molecule has 17 heavy (non-hydrogen) atoms. The molecule has 0 aliphatic carbocycles. The van der Waals surface area contributed by atoms with Gasteiger partial charge in [0.1, 0.15) is 0 Å². The second-order valence-electron chi connectivity index (χ2n) is 3.66. The SMILES string of the molecule is CCOC(=O)Cc1ccc2ncc(Cl)cc2c1. The lowest BCUT2D eigenvalue weighted by Crippen LogP contribution is -2.07. The first-order chi connectivity index (χ1) is 8.19. The third kappa shape index (κ3) is 2.94. The average molecular weight is 250 g/mol. The molecular weight excluding hydrogens is 238 g/mol. The van der Waals surface area contributed by atoms with Crippen LogP contribution >= 0.6 is 11.6 Å². The highest BCUT2D eigenvalue weighted by molar-refractivity contribution is 6.31. The Morgan fingerprint density at radius 1 is 1.41 bits per heavy atom. The summed E-state index contributed by atoms with van der Waals surface area (Å²) in [6, 6.07) is 7.49. The molecule has 1 aromatic heterocycles. The third-order valence-corrected chi connectivity index (χ3v) is 2.57. The number of nitrogens with zero attached hydrogens (tertiary/aromatic N) is 1. The van der Waals surface area contributed by atoms with Crippen LogP contribution in [0.5, 0.6) is 0 Å². The number of halogens is 1.